The molecule has 3 nitrogen and oxygen atoms in total. The van der Waals surface area contributed by atoms with Gasteiger partial charge in [0, 0.05) is 18.4 Å². The summed E-state index contributed by atoms with van der Waals surface area (Å²) in [6.45, 7) is 23.7. The van der Waals surface area contributed by atoms with E-state index in [1.54, 1.807) is 0 Å². The summed E-state index contributed by atoms with van der Waals surface area (Å²) < 4.78 is 21.1. The van der Waals surface area contributed by atoms with Crippen molar-refractivity contribution in [2.45, 2.75) is 110 Å². The van der Waals surface area contributed by atoms with Crippen LogP contribution in [0.2, 0.25) is 23.2 Å². The molecule has 0 amide bonds. The second-order valence-corrected chi connectivity index (χ2v) is 23.9. The molecule has 1 aliphatic heterocycles. The first-order chi connectivity index (χ1) is 19.6. The largest absolute Gasteiger partial charge is 0.413 e. The van der Waals surface area contributed by atoms with E-state index in [9.17, 15) is 0 Å². The van der Waals surface area contributed by atoms with E-state index in [4.69, 9.17) is 25.2 Å². The quantitative estimate of drug-likeness (QED) is 0.142. The van der Waals surface area contributed by atoms with Crippen molar-refractivity contribution in [2.75, 3.05) is 12.5 Å². The van der Waals surface area contributed by atoms with Crippen LogP contribution in [0.4, 0.5) is 0 Å². The van der Waals surface area contributed by atoms with E-state index in [0.717, 1.165) is 12.8 Å². The Hall–Kier alpha value is -1.48. The number of alkyl halides is 1. The summed E-state index contributed by atoms with van der Waals surface area (Å²) in [7, 11) is -4.56. The molecular weight excluding hydrogens is 572 g/mol. The molecule has 1 fully saturated rings. The van der Waals surface area contributed by atoms with Gasteiger partial charge < -0.3 is 13.6 Å². The van der Waals surface area contributed by atoms with Gasteiger partial charge in [-0.15, -0.1) is 11.6 Å². The third kappa shape index (κ3) is 8.37. The van der Waals surface area contributed by atoms with Gasteiger partial charge in [-0.2, -0.15) is 0 Å². The standard InChI is InChI=1S/C36H55ClO3Si2/c1-28(18-17-24-37)26-33-29(2)34(40-41(9,10)35(3,4)5)27-30(39-33)23-25-38-42(36(6,7)8,31-19-13-11-14-20-31)32-21-15-12-16-22-32/h11-22,26,29-30,33-34H,23-25,27H2,1-10H3/b18-17+,28-26-/t29-,30-,33+,34-/m1/s1. The van der Waals surface area contributed by atoms with Gasteiger partial charge in [-0.3, -0.25) is 0 Å². The normalized spacial score (nSPS) is 23.0. The minimum atomic E-state index is -2.60. The average molecular weight is 627 g/mol. The van der Waals surface area contributed by atoms with E-state index in [1.165, 1.54) is 15.9 Å². The summed E-state index contributed by atoms with van der Waals surface area (Å²) in [6.07, 6.45) is 8.22. The van der Waals surface area contributed by atoms with E-state index in [-0.39, 0.29) is 34.3 Å². The lowest BCUT2D eigenvalue weighted by molar-refractivity contribution is -0.111. The van der Waals surface area contributed by atoms with Gasteiger partial charge in [-0.25, -0.2) is 0 Å². The van der Waals surface area contributed by atoms with Crippen molar-refractivity contribution >= 4 is 38.6 Å². The number of hydrogen-bond donors (Lipinski definition) is 0. The summed E-state index contributed by atoms with van der Waals surface area (Å²) in [4.78, 5) is 0. The monoisotopic (exact) mass is 626 g/mol. The number of benzene rings is 2. The Balaban J connectivity index is 1.91. The Bertz CT molecular complexity index is 1130. The number of rotatable bonds is 11. The molecule has 0 spiro atoms. The van der Waals surface area contributed by atoms with E-state index in [0.29, 0.717) is 12.5 Å². The molecule has 1 saturated heterocycles. The van der Waals surface area contributed by atoms with Crippen LogP contribution in [-0.4, -0.2) is 47.4 Å². The van der Waals surface area contributed by atoms with E-state index >= 15 is 0 Å². The van der Waals surface area contributed by atoms with Gasteiger partial charge in [-0.1, -0.05) is 133 Å². The zero-order valence-electron chi connectivity index (χ0n) is 27.7. The van der Waals surface area contributed by atoms with Crippen LogP contribution in [0, 0.1) is 5.92 Å². The predicted molar refractivity (Wildman–Crippen MR) is 186 cm³/mol. The lowest BCUT2D eigenvalue weighted by Gasteiger charge is -2.46. The Morgan fingerprint density at radius 1 is 0.929 bits per heavy atom. The average Bonchev–Trinajstić information content (AvgIpc) is 2.92. The van der Waals surface area contributed by atoms with Crippen LogP contribution in [0.15, 0.2) is 84.5 Å². The Morgan fingerprint density at radius 3 is 1.95 bits per heavy atom. The number of hydrogen-bond acceptors (Lipinski definition) is 3. The van der Waals surface area contributed by atoms with Crippen molar-refractivity contribution in [1.82, 2.24) is 0 Å². The maximum atomic E-state index is 7.24. The van der Waals surface area contributed by atoms with Crippen molar-refractivity contribution in [3.63, 3.8) is 0 Å². The summed E-state index contributed by atoms with van der Waals surface area (Å²) in [6, 6.07) is 21.8. The van der Waals surface area contributed by atoms with Gasteiger partial charge in [0.15, 0.2) is 8.32 Å². The molecule has 2 aromatic carbocycles. The van der Waals surface area contributed by atoms with Crippen molar-refractivity contribution < 1.29 is 13.6 Å². The number of halogens is 1. The molecule has 0 N–H and O–H groups in total. The maximum absolute atomic E-state index is 7.24. The second-order valence-electron chi connectivity index (χ2n) is 14.5. The van der Waals surface area contributed by atoms with Crippen LogP contribution in [0.3, 0.4) is 0 Å². The van der Waals surface area contributed by atoms with Crippen LogP contribution in [0.5, 0.6) is 0 Å². The molecule has 6 heteroatoms. The Kier molecular flexibility index (Phi) is 12.1. The summed E-state index contributed by atoms with van der Waals surface area (Å²) in [5, 5.41) is 2.71. The first kappa shape index (κ1) is 35.0. The SMILES string of the molecule is CC(=C/[C@@H]1O[C@H](CCO[Si](c2ccccc2)(c2ccccc2)C(C)(C)C)C[C@@H](O[Si](C)(C)C(C)(C)C)[C@@H]1C)/C=C/CCl. The van der Waals surface area contributed by atoms with Crippen LogP contribution >= 0.6 is 11.6 Å². The topological polar surface area (TPSA) is 27.7 Å². The Morgan fingerprint density at radius 2 is 1.48 bits per heavy atom. The number of ether oxygens (including phenoxy) is 1. The van der Waals surface area contributed by atoms with Crippen molar-refractivity contribution in [1.29, 1.82) is 0 Å². The summed E-state index contributed by atoms with van der Waals surface area (Å²) in [5.74, 6) is 0.762. The van der Waals surface area contributed by atoms with Gasteiger partial charge in [-0.05, 0) is 53.3 Å². The lowest BCUT2D eigenvalue weighted by Crippen LogP contribution is -2.66. The van der Waals surface area contributed by atoms with Gasteiger partial charge in [0.1, 0.15) is 0 Å². The smallest absolute Gasteiger partial charge is 0.261 e. The van der Waals surface area contributed by atoms with E-state index in [2.05, 4.69) is 141 Å². The van der Waals surface area contributed by atoms with E-state index < -0.39 is 16.6 Å². The van der Waals surface area contributed by atoms with Crippen molar-refractivity contribution in [3.8, 4) is 0 Å². The molecule has 232 valence electrons. The van der Waals surface area contributed by atoms with Gasteiger partial charge in [0.25, 0.3) is 8.32 Å². The molecule has 42 heavy (non-hydrogen) atoms. The molecule has 3 rings (SSSR count). The molecule has 1 heterocycles. The van der Waals surface area contributed by atoms with Crippen LogP contribution < -0.4 is 10.4 Å². The Labute approximate surface area is 264 Å². The molecule has 0 bridgehead atoms. The third-order valence-electron chi connectivity index (χ3n) is 9.27. The highest BCUT2D eigenvalue weighted by Gasteiger charge is 2.50. The molecule has 0 aromatic heterocycles. The van der Waals surface area contributed by atoms with Gasteiger partial charge >= 0.3 is 0 Å². The fraction of sp³-hybridized carbons (Fsp3) is 0.556. The fourth-order valence-corrected chi connectivity index (χ4v) is 11.9. The van der Waals surface area contributed by atoms with Crippen LogP contribution in [0.1, 0.15) is 68.2 Å². The van der Waals surface area contributed by atoms with Gasteiger partial charge in [0.2, 0.25) is 0 Å². The molecular formula is C36H55ClO3Si2. The summed E-state index contributed by atoms with van der Waals surface area (Å²) in [5.41, 5.74) is 1.17. The zero-order valence-corrected chi connectivity index (χ0v) is 30.5. The molecule has 0 aliphatic carbocycles. The van der Waals surface area contributed by atoms with Crippen LogP contribution in [-0.2, 0) is 13.6 Å². The van der Waals surface area contributed by atoms with Crippen molar-refractivity contribution in [3.05, 3.63) is 84.5 Å². The van der Waals surface area contributed by atoms with E-state index in [1.807, 2.05) is 6.08 Å². The first-order valence-electron chi connectivity index (χ1n) is 15.6. The predicted octanol–water partition coefficient (Wildman–Crippen LogP) is 8.88. The first-order valence-corrected chi connectivity index (χ1v) is 21.0. The maximum Gasteiger partial charge on any atom is 0.261 e. The second kappa shape index (κ2) is 14.5. The molecule has 4 atom stereocenters. The third-order valence-corrected chi connectivity index (χ3v) is 19.0. The number of allylic oxidation sites excluding steroid dienone is 3. The molecule has 0 unspecified atom stereocenters. The van der Waals surface area contributed by atoms with Gasteiger partial charge in [0.05, 0.1) is 18.3 Å². The fourth-order valence-electron chi connectivity index (χ4n) is 5.82. The van der Waals surface area contributed by atoms with Crippen molar-refractivity contribution in [2.24, 2.45) is 5.92 Å². The van der Waals surface area contributed by atoms with Crippen LogP contribution in [0.25, 0.3) is 0 Å². The minimum Gasteiger partial charge on any atom is -0.413 e. The highest BCUT2D eigenvalue weighted by Crippen LogP contribution is 2.41. The molecule has 0 radical (unpaired) electrons. The highest BCUT2D eigenvalue weighted by molar-refractivity contribution is 6.99. The zero-order chi connectivity index (χ0) is 31.2. The lowest BCUT2D eigenvalue weighted by atomic mass is 9.88. The highest BCUT2D eigenvalue weighted by atomic mass is 35.5. The summed E-state index contributed by atoms with van der Waals surface area (Å²) >= 11 is 5.92. The molecule has 0 saturated carbocycles. The molecule has 1 aliphatic rings. The molecule has 2 aromatic rings. The minimum absolute atomic E-state index is 0.0219.